The van der Waals surface area contributed by atoms with Crippen molar-refractivity contribution in [2.75, 3.05) is 7.05 Å². The van der Waals surface area contributed by atoms with Crippen molar-refractivity contribution in [2.45, 2.75) is 25.3 Å². The predicted molar refractivity (Wildman–Crippen MR) is 77.6 cm³/mol. The zero-order valence-electron chi connectivity index (χ0n) is 11.0. The lowest BCUT2D eigenvalue weighted by molar-refractivity contribution is -0.136. The number of amides is 1. The fourth-order valence-electron chi connectivity index (χ4n) is 3.00. The van der Waals surface area contributed by atoms with Gasteiger partial charge in [-0.2, -0.15) is 0 Å². The van der Waals surface area contributed by atoms with Crippen LogP contribution in [0, 0.1) is 5.41 Å². The Morgan fingerprint density at radius 1 is 1.42 bits per heavy atom. The van der Waals surface area contributed by atoms with Gasteiger partial charge in [0.05, 0.1) is 5.41 Å². The Balaban J connectivity index is 2.19. The number of carbonyl (C=O) groups is 1. The summed E-state index contributed by atoms with van der Waals surface area (Å²) in [6.45, 7) is 2.01. The molecule has 100 valence electrons. The van der Waals surface area contributed by atoms with E-state index in [4.69, 9.17) is 5.73 Å². The lowest BCUT2D eigenvalue weighted by atomic mass is 9.75. The summed E-state index contributed by atoms with van der Waals surface area (Å²) in [6, 6.07) is 7.97. The normalized spacial score (nSPS) is 28.5. The van der Waals surface area contributed by atoms with E-state index in [1.165, 1.54) is 4.90 Å². The second kappa shape index (κ2) is 3.82. The van der Waals surface area contributed by atoms with Gasteiger partial charge in [-0.3, -0.25) is 9.69 Å². The number of guanidine groups is 1. The highest BCUT2D eigenvalue weighted by Gasteiger charge is 2.66. The maximum atomic E-state index is 12.5. The predicted octanol–water partition coefficient (Wildman–Crippen LogP) is 2.23. The van der Waals surface area contributed by atoms with Gasteiger partial charge in [0.25, 0.3) is 0 Å². The molecular formula is C14H16BrN3O. The van der Waals surface area contributed by atoms with Gasteiger partial charge in [0.15, 0.2) is 5.96 Å². The minimum Gasteiger partial charge on any atom is -0.369 e. The van der Waals surface area contributed by atoms with Crippen LogP contribution in [0.25, 0.3) is 0 Å². The second-order valence-electron chi connectivity index (χ2n) is 5.50. The fraction of sp³-hybridized carbons (Fsp3) is 0.429. The molecule has 0 radical (unpaired) electrons. The fourth-order valence-corrected chi connectivity index (χ4v) is 3.40. The first kappa shape index (κ1) is 12.7. The van der Waals surface area contributed by atoms with E-state index in [9.17, 15) is 4.79 Å². The molecule has 1 saturated carbocycles. The summed E-state index contributed by atoms with van der Waals surface area (Å²) in [4.78, 5) is 18.7. The van der Waals surface area contributed by atoms with Crippen LogP contribution in [0.4, 0.5) is 0 Å². The van der Waals surface area contributed by atoms with Gasteiger partial charge in [-0.25, -0.2) is 4.99 Å². The lowest BCUT2D eigenvalue weighted by Crippen LogP contribution is -2.55. The topological polar surface area (TPSA) is 58.7 Å². The average molecular weight is 322 g/mol. The van der Waals surface area contributed by atoms with Crippen molar-refractivity contribution >= 4 is 27.8 Å². The highest BCUT2D eigenvalue weighted by Crippen LogP contribution is 2.62. The van der Waals surface area contributed by atoms with E-state index < -0.39 is 11.0 Å². The quantitative estimate of drug-likeness (QED) is 0.862. The molecule has 3 rings (SSSR count). The molecule has 19 heavy (non-hydrogen) atoms. The van der Waals surface area contributed by atoms with Crippen LogP contribution in [0.3, 0.4) is 0 Å². The highest BCUT2D eigenvalue weighted by atomic mass is 79.9. The Morgan fingerprint density at radius 3 is 2.68 bits per heavy atom. The number of aliphatic imine (C=N–C) groups is 1. The van der Waals surface area contributed by atoms with Gasteiger partial charge in [-0.1, -0.05) is 28.1 Å². The number of benzene rings is 1. The summed E-state index contributed by atoms with van der Waals surface area (Å²) in [5, 5.41) is 0. The second-order valence-corrected chi connectivity index (χ2v) is 6.41. The summed E-state index contributed by atoms with van der Waals surface area (Å²) >= 11 is 3.48. The van der Waals surface area contributed by atoms with E-state index >= 15 is 0 Å². The largest absolute Gasteiger partial charge is 0.369 e. The van der Waals surface area contributed by atoms with Crippen molar-refractivity contribution in [3.05, 3.63) is 34.3 Å². The molecule has 2 N–H and O–H groups in total. The van der Waals surface area contributed by atoms with Gasteiger partial charge < -0.3 is 5.73 Å². The first-order valence-corrected chi connectivity index (χ1v) is 7.09. The van der Waals surface area contributed by atoms with Crippen molar-refractivity contribution in [2.24, 2.45) is 16.1 Å². The molecule has 1 aromatic carbocycles. The van der Waals surface area contributed by atoms with Crippen LogP contribution in [0.5, 0.6) is 0 Å². The van der Waals surface area contributed by atoms with Gasteiger partial charge in [0.1, 0.15) is 5.54 Å². The van der Waals surface area contributed by atoms with Gasteiger partial charge in [0.2, 0.25) is 5.91 Å². The zero-order valence-corrected chi connectivity index (χ0v) is 12.6. The Morgan fingerprint density at radius 2 is 2.11 bits per heavy atom. The molecule has 1 amide bonds. The minimum absolute atomic E-state index is 0.0856. The van der Waals surface area contributed by atoms with Gasteiger partial charge in [-0.05, 0) is 37.5 Å². The molecule has 0 unspecified atom stereocenters. The van der Waals surface area contributed by atoms with Crippen molar-refractivity contribution in [3.63, 3.8) is 0 Å². The van der Waals surface area contributed by atoms with E-state index in [0.717, 1.165) is 22.9 Å². The van der Waals surface area contributed by atoms with Crippen molar-refractivity contribution in [3.8, 4) is 0 Å². The molecule has 1 aliphatic heterocycles. The van der Waals surface area contributed by atoms with E-state index in [1.54, 1.807) is 7.05 Å². The Labute approximate surface area is 120 Å². The number of hydrogen-bond acceptors (Lipinski definition) is 3. The molecule has 4 nitrogen and oxygen atoms in total. The molecule has 0 aromatic heterocycles. The molecule has 2 aliphatic rings. The van der Waals surface area contributed by atoms with Crippen LogP contribution >= 0.6 is 15.9 Å². The summed E-state index contributed by atoms with van der Waals surface area (Å²) in [5.41, 5.74) is 5.97. The van der Waals surface area contributed by atoms with Crippen LogP contribution in [-0.2, 0) is 10.3 Å². The maximum Gasteiger partial charge on any atom is 0.238 e. The number of carbonyl (C=O) groups excluding carboxylic acids is 1. The summed E-state index contributed by atoms with van der Waals surface area (Å²) in [6.07, 6.45) is 1.74. The molecule has 0 bridgehead atoms. The van der Waals surface area contributed by atoms with E-state index in [0.29, 0.717) is 5.96 Å². The van der Waals surface area contributed by atoms with Crippen LogP contribution in [0.2, 0.25) is 0 Å². The third-order valence-electron chi connectivity index (χ3n) is 4.46. The molecule has 0 saturated heterocycles. The number of nitrogens with zero attached hydrogens (tertiary/aromatic N) is 2. The molecule has 1 atom stereocenters. The molecule has 1 heterocycles. The van der Waals surface area contributed by atoms with E-state index in [1.807, 2.05) is 31.2 Å². The molecule has 1 spiro atoms. The highest BCUT2D eigenvalue weighted by molar-refractivity contribution is 9.10. The molecule has 1 fully saturated rings. The first-order valence-electron chi connectivity index (χ1n) is 6.30. The standard InChI is InChI=1S/C14H16BrN3O/c1-13(9-4-3-5-10(15)8-9)14(6-7-14)11(19)18(2)12(16)17-13/h3-5,8H,6-7H2,1-2H3,(H2,16,17)/t13-/m1/s1. The van der Waals surface area contributed by atoms with Crippen molar-refractivity contribution in [1.82, 2.24) is 4.90 Å². The maximum absolute atomic E-state index is 12.5. The molecular weight excluding hydrogens is 306 g/mol. The summed E-state index contributed by atoms with van der Waals surface area (Å²) in [7, 11) is 1.70. The van der Waals surface area contributed by atoms with Gasteiger partial charge in [0, 0.05) is 11.5 Å². The molecule has 1 aromatic rings. The van der Waals surface area contributed by atoms with Crippen LogP contribution in [0.15, 0.2) is 33.7 Å². The summed E-state index contributed by atoms with van der Waals surface area (Å²) < 4.78 is 0.988. The van der Waals surface area contributed by atoms with Gasteiger partial charge >= 0.3 is 0 Å². The van der Waals surface area contributed by atoms with Crippen LogP contribution in [0.1, 0.15) is 25.3 Å². The smallest absolute Gasteiger partial charge is 0.238 e. The van der Waals surface area contributed by atoms with Crippen LogP contribution < -0.4 is 5.73 Å². The van der Waals surface area contributed by atoms with Crippen molar-refractivity contribution in [1.29, 1.82) is 0 Å². The van der Waals surface area contributed by atoms with Crippen LogP contribution in [-0.4, -0.2) is 23.8 Å². The molecule has 5 heteroatoms. The van der Waals surface area contributed by atoms with Crippen molar-refractivity contribution < 1.29 is 4.79 Å². The monoisotopic (exact) mass is 321 g/mol. The first-order chi connectivity index (χ1) is 8.91. The molecule has 1 aliphatic carbocycles. The third kappa shape index (κ3) is 1.57. The summed E-state index contributed by atoms with van der Waals surface area (Å²) in [5.74, 6) is 0.382. The number of rotatable bonds is 1. The number of hydrogen-bond donors (Lipinski definition) is 1. The Kier molecular flexibility index (Phi) is 2.55. The third-order valence-corrected chi connectivity index (χ3v) is 4.96. The van der Waals surface area contributed by atoms with E-state index in [2.05, 4.69) is 20.9 Å². The minimum atomic E-state index is -0.565. The zero-order chi connectivity index (χ0) is 13.8. The Bertz CT molecular complexity index is 594. The SMILES string of the molecule is CN1C(=O)C2(CC2)[C@@](C)(c2cccc(Br)c2)N=C1N. The Hall–Kier alpha value is -1.36. The lowest BCUT2D eigenvalue weighted by Gasteiger charge is -2.41. The van der Waals surface area contributed by atoms with Gasteiger partial charge in [-0.15, -0.1) is 0 Å². The number of halogens is 1. The number of nitrogens with two attached hydrogens (primary N) is 1. The van der Waals surface area contributed by atoms with E-state index in [-0.39, 0.29) is 5.91 Å². The average Bonchev–Trinajstić information content (AvgIpc) is 3.17.